The topological polar surface area (TPSA) is 116 Å². The van der Waals surface area contributed by atoms with Crippen LogP contribution >= 0.6 is 0 Å². The highest BCUT2D eigenvalue weighted by molar-refractivity contribution is 6.04. The summed E-state index contributed by atoms with van der Waals surface area (Å²) in [6, 6.07) is 10.4. The number of ether oxygens (including phenoxy) is 3. The lowest BCUT2D eigenvalue weighted by molar-refractivity contribution is -0.122. The van der Waals surface area contributed by atoms with E-state index in [1.807, 2.05) is 0 Å². The zero-order valence-corrected chi connectivity index (χ0v) is 17.8. The molecule has 1 N–H and O–H groups in total. The number of rotatable bonds is 7. The minimum absolute atomic E-state index is 0.0891. The summed E-state index contributed by atoms with van der Waals surface area (Å²) >= 11 is 0. The first-order chi connectivity index (χ1) is 15.5. The van der Waals surface area contributed by atoms with Crippen molar-refractivity contribution in [2.24, 2.45) is 5.92 Å². The van der Waals surface area contributed by atoms with Gasteiger partial charge in [0.2, 0.25) is 29.8 Å². The Morgan fingerprint density at radius 1 is 1.12 bits per heavy atom. The number of amides is 2. The Balaban J connectivity index is 1.51. The van der Waals surface area contributed by atoms with Gasteiger partial charge in [-0.15, -0.1) is 10.2 Å². The molecule has 4 rings (SSSR count). The van der Waals surface area contributed by atoms with Crippen LogP contribution in [0.15, 0.2) is 47.2 Å². The summed E-state index contributed by atoms with van der Waals surface area (Å²) in [6.07, 6.45) is 1.33. The molecule has 3 aromatic rings. The van der Waals surface area contributed by atoms with Crippen LogP contribution in [-0.4, -0.2) is 49.9 Å². The van der Waals surface area contributed by atoms with Gasteiger partial charge in [-0.05, 0) is 18.2 Å². The van der Waals surface area contributed by atoms with Crippen molar-refractivity contribution in [1.82, 2.24) is 10.2 Å². The maximum atomic E-state index is 12.9. The lowest BCUT2D eigenvalue weighted by Crippen LogP contribution is -2.28. The predicted molar refractivity (Wildman–Crippen MR) is 115 cm³/mol. The Kier molecular flexibility index (Phi) is 5.93. The highest BCUT2D eigenvalue weighted by Gasteiger charge is 2.36. The van der Waals surface area contributed by atoms with Crippen molar-refractivity contribution >= 4 is 23.2 Å². The number of aromatic nitrogens is 2. The van der Waals surface area contributed by atoms with Crippen LogP contribution in [0.25, 0.3) is 11.5 Å². The van der Waals surface area contributed by atoms with Crippen LogP contribution in [0.1, 0.15) is 6.42 Å². The largest absolute Gasteiger partial charge is 0.493 e. The van der Waals surface area contributed by atoms with Gasteiger partial charge in [-0.3, -0.25) is 9.59 Å². The molecule has 10 heteroatoms. The molecule has 1 saturated heterocycles. The molecule has 0 spiro atoms. The first-order valence-electron chi connectivity index (χ1n) is 9.82. The number of methoxy groups -OCH3 is 3. The van der Waals surface area contributed by atoms with Crippen molar-refractivity contribution in [3.05, 3.63) is 42.8 Å². The fourth-order valence-electron chi connectivity index (χ4n) is 3.63. The van der Waals surface area contributed by atoms with Gasteiger partial charge in [-0.2, -0.15) is 0 Å². The van der Waals surface area contributed by atoms with E-state index in [0.717, 1.165) is 0 Å². The summed E-state index contributed by atoms with van der Waals surface area (Å²) in [6.45, 7) is 0.229. The van der Waals surface area contributed by atoms with Gasteiger partial charge in [0.25, 0.3) is 0 Å². The van der Waals surface area contributed by atoms with Crippen molar-refractivity contribution in [3.8, 4) is 28.7 Å². The number of benzene rings is 2. The van der Waals surface area contributed by atoms with Crippen molar-refractivity contribution in [2.75, 3.05) is 38.1 Å². The minimum Gasteiger partial charge on any atom is -0.493 e. The summed E-state index contributed by atoms with van der Waals surface area (Å²) in [4.78, 5) is 27.1. The maximum absolute atomic E-state index is 12.9. The molecular weight excluding hydrogens is 416 g/mol. The highest BCUT2D eigenvalue weighted by atomic mass is 16.5. The van der Waals surface area contributed by atoms with Gasteiger partial charge in [0.05, 0.1) is 32.9 Å². The Morgan fingerprint density at radius 3 is 2.50 bits per heavy atom. The van der Waals surface area contributed by atoms with Crippen LogP contribution in [0.2, 0.25) is 0 Å². The van der Waals surface area contributed by atoms with Gasteiger partial charge in [0.1, 0.15) is 0 Å². The average molecular weight is 438 g/mol. The minimum atomic E-state index is -0.520. The lowest BCUT2D eigenvalue weighted by atomic mass is 10.1. The number of anilines is 2. The van der Waals surface area contributed by atoms with Crippen molar-refractivity contribution in [1.29, 1.82) is 0 Å². The molecule has 1 aliphatic heterocycles. The van der Waals surface area contributed by atoms with Gasteiger partial charge >= 0.3 is 0 Å². The maximum Gasteiger partial charge on any atom is 0.247 e. The summed E-state index contributed by atoms with van der Waals surface area (Å²) in [5.41, 5.74) is 1.82. The molecule has 0 aliphatic carbocycles. The third kappa shape index (κ3) is 4.07. The quantitative estimate of drug-likeness (QED) is 0.599. The number of nitrogens with one attached hydrogen (secondary N) is 1. The molecule has 0 unspecified atom stereocenters. The fraction of sp³-hybridized carbons (Fsp3) is 0.273. The second-order valence-corrected chi connectivity index (χ2v) is 7.10. The zero-order valence-electron chi connectivity index (χ0n) is 17.8. The molecule has 0 bridgehead atoms. The second kappa shape index (κ2) is 8.96. The van der Waals surface area contributed by atoms with Crippen LogP contribution in [0, 0.1) is 5.92 Å². The van der Waals surface area contributed by atoms with Crippen LogP contribution in [-0.2, 0) is 9.59 Å². The summed E-state index contributed by atoms with van der Waals surface area (Å²) in [5, 5.41) is 10.4. The molecule has 1 fully saturated rings. The first kappa shape index (κ1) is 21.2. The van der Waals surface area contributed by atoms with Crippen molar-refractivity contribution in [3.63, 3.8) is 0 Å². The third-order valence-corrected chi connectivity index (χ3v) is 5.19. The van der Waals surface area contributed by atoms with Crippen molar-refractivity contribution in [2.45, 2.75) is 6.42 Å². The molecule has 1 aliphatic rings. The van der Waals surface area contributed by atoms with E-state index in [9.17, 15) is 9.59 Å². The Morgan fingerprint density at radius 2 is 1.88 bits per heavy atom. The van der Waals surface area contributed by atoms with Gasteiger partial charge in [0, 0.05) is 36.3 Å². The SMILES string of the molecule is COc1cc(N2C[C@@H](C(=O)Nc3cccc(-c4nnco4)c3)CC2=O)cc(OC)c1OC. The fourth-order valence-corrected chi connectivity index (χ4v) is 3.63. The molecule has 32 heavy (non-hydrogen) atoms. The Hall–Kier alpha value is -4.08. The number of nitrogens with zero attached hydrogens (tertiary/aromatic N) is 3. The van der Waals surface area contributed by atoms with E-state index >= 15 is 0 Å². The highest BCUT2D eigenvalue weighted by Crippen LogP contribution is 2.42. The van der Waals surface area contributed by atoms with Crippen LogP contribution in [0.3, 0.4) is 0 Å². The number of hydrogen-bond donors (Lipinski definition) is 1. The standard InChI is InChI=1S/C22H22N4O6/c1-29-17-9-16(10-18(30-2)20(17)31-3)26-11-14(8-19(26)27)21(28)24-15-6-4-5-13(7-15)22-25-23-12-32-22/h4-7,9-10,12,14H,8,11H2,1-3H3,(H,24,28)/t14-/m0/s1. The smallest absolute Gasteiger partial charge is 0.247 e. The number of carbonyl (C=O) groups is 2. The molecule has 2 amide bonds. The van der Waals surface area contributed by atoms with E-state index in [4.69, 9.17) is 18.6 Å². The average Bonchev–Trinajstić information content (AvgIpc) is 3.48. The molecule has 1 aromatic heterocycles. The van der Waals surface area contributed by atoms with E-state index in [0.29, 0.717) is 40.1 Å². The summed E-state index contributed by atoms with van der Waals surface area (Å²) < 4.78 is 21.3. The zero-order chi connectivity index (χ0) is 22.7. The monoisotopic (exact) mass is 438 g/mol. The summed E-state index contributed by atoms with van der Waals surface area (Å²) in [7, 11) is 4.52. The van der Waals surface area contributed by atoms with Crippen LogP contribution in [0.4, 0.5) is 11.4 Å². The van der Waals surface area contributed by atoms with Gasteiger partial charge in [0.15, 0.2) is 11.5 Å². The summed E-state index contributed by atoms with van der Waals surface area (Å²) in [5.74, 6) is 0.705. The molecule has 0 saturated carbocycles. The normalized spacial score (nSPS) is 15.5. The first-order valence-corrected chi connectivity index (χ1v) is 9.82. The molecule has 10 nitrogen and oxygen atoms in total. The molecule has 2 heterocycles. The third-order valence-electron chi connectivity index (χ3n) is 5.19. The van der Waals surface area contributed by atoms with Crippen LogP contribution in [0.5, 0.6) is 17.2 Å². The lowest BCUT2D eigenvalue weighted by Gasteiger charge is -2.20. The molecular formula is C22H22N4O6. The van der Waals surface area contributed by atoms with Gasteiger partial charge in [-0.25, -0.2) is 0 Å². The van der Waals surface area contributed by atoms with E-state index in [2.05, 4.69) is 15.5 Å². The molecule has 1 atom stereocenters. The molecule has 166 valence electrons. The predicted octanol–water partition coefficient (Wildman–Crippen LogP) is 2.75. The number of hydrogen-bond acceptors (Lipinski definition) is 8. The van der Waals surface area contributed by atoms with Crippen LogP contribution < -0.4 is 24.4 Å². The van der Waals surface area contributed by atoms with E-state index in [1.54, 1.807) is 41.3 Å². The molecule has 2 aromatic carbocycles. The van der Waals surface area contributed by atoms with E-state index in [-0.39, 0.29) is 24.8 Å². The van der Waals surface area contributed by atoms with Crippen molar-refractivity contribution < 1.29 is 28.2 Å². The second-order valence-electron chi connectivity index (χ2n) is 7.10. The van der Waals surface area contributed by atoms with Gasteiger partial charge in [-0.1, -0.05) is 6.07 Å². The molecule has 0 radical (unpaired) electrons. The number of carbonyl (C=O) groups excluding carboxylic acids is 2. The Labute approximate surface area is 184 Å². The Bertz CT molecular complexity index is 1110. The van der Waals surface area contributed by atoms with E-state index < -0.39 is 5.92 Å². The van der Waals surface area contributed by atoms with E-state index in [1.165, 1.54) is 27.7 Å². The van der Waals surface area contributed by atoms with Gasteiger partial charge < -0.3 is 28.8 Å².